The van der Waals surface area contributed by atoms with Gasteiger partial charge in [-0.1, -0.05) is 26.3 Å². The van der Waals surface area contributed by atoms with Crippen molar-refractivity contribution in [3.05, 3.63) is 23.8 Å². The predicted molar refractivity (Wildman–Crippen MR) is 104 cm³/mol. The van der Waals surface area contributed by atoms with Crippen LogP contribution in [0.2, 0.25) is 0 Å². The summed E-state index contributed by atoms with van der Waals surface area (Å²) < 4.78 is 11.4. The average Bonchev–Trinajstić information content (AvgIpc) is 3.10. The Morgan fingerprint density at radius 2 is 1.88 bits per heavy atom. The molecule has 1 aliphatic carbocycles. The van der Waals surface area contributed by atoms with E-state index in [2.05, 4.69) is 19.2 Å². The molecule has 1 fully saturated rings. The first-order valence-corrected chi connectivity index (χ1v) is 9.91. The number of ether oxygens (including phenoxy) is 2. The molecule has 0 saturated heterocycles. The van der Waals surface area contributed by atoms with Crippen LogP contribution in [-0.4, -0.2) is 25.7 Å². The molecule has 1 aliphatic rings. The SMILES string of the molecule is CCOc1ccc(C(NC(=O)[C@@H]2CCC[C@@H]2CN)C(C)C)cc1OCC. The third-order valence-corrected chi connectivity index (χ3v) is 5.19. The fourth-order valence-electron chi connectivity index (χ4n) is 3.82. The molecule has 0 bridgehead atoms. The summed E-state index contributed by atoms with van der Waals surface area (Å²) in [5.74, 6) is 2.21. The molecule has 0 aromatic heterocycles. The number of benzene rings is 1. The van der Waals surface area contributed by atoms with Crippen molar-refractivity contribution in [2.75, 3.05) is 19.8 Å². The van der Waals surface area contributed by atoms with E-state index in [4.69, 9.17) is 15.2 Å². The molecule has 3 atom stereocenters. The Bertz CT molecular complexity index is 589. The number of carbonyl (C=O) groups excluding carboxylic acids is 1. The van der Waals surface area contributed by atoms with Crippen molar-refractivity contribution < 1.29 is 14.3 Å². The van der Waals surface area contributed by atoms with E-state index in [9.17, 15) is 4.79 Å². The van der Waals surface area contributed by atoms with Crippen molar-refractivity contribution in [3.63, 3.8) is 0 Å². The average molecular weight is 363 g/mol. The maximum Gasteiger partial charge on any atom is 0.223 e. The zero-order chi connectivity index (χ0) is 19.1. The number of rotatable bonds is 9. The molecule has 2 rings (SSSR count). The topological polar surface area (TPSA) is 73.6 Å². The van der Waals surface area contributed by atoms with Crippen molar-refractivity contribution in [2.45, 2.75) is 53.0 Å². The van der Waals surface area contributed by atoms with Gasteiger partial charge in [0, 0.05) is 5.92 Å². The third kappa shape index (κ3) is 4.91. The van der Waals surface area contributed by atoms with Gasteiger partial charge in [-0.15, -0.1) is 0 Å². The Morgan fingerprint density at radius 3 is 2.50 bits per heavy atom. The van der Waals surface area contributed by atoms with Gasteiger partial charge in [0.25, 0.3) is 0 Å². The van der Waals surface area contributed by atoms with Crippen molar-refractivity contribution >= 4 is 5.91 Å². The van der Waals surface area contributed by atoms with Crippen LogP contribution < -0.4 is 20.5 Å². The minimum Gasteiger partial charge on any atom is -0.490 e. The van der Waals surface area contributed by atoms with Gasteiger partial charge in [0.15, 0.2) is 11.5 Å². The normalized spacial score (nSPS) is 20.8. The Hall–Kier alpha value is -1.75. The highest BCUT2D eigenvalue weighted by Gasteiger charge is 2.33. The number of nitrogens with one attached hydrogen (secondary N) is 1. The zero-order valence-corrected chi connectivity index (χ0v) is 16.6. The van der Waals surface area contributed by atoms with E-state index >= 15 is 0 Å². The van der Waals surface area contributed by atoms with Crippen LogP contribution in [0.15, 0.2) is 18.2 Å². The maximum absolute atomic E-state index is 12.9. The summed E-state index contributed by atoms with van der Waals surface area (Å²) >= 11 is 0. The minimum atomic E-state index is -0.0589. The second kappa shape index (κ2) is 9.81. The summed E-state index contributed by atoms with van der Waals surface area (Å²) in [6.07, 6.45) is 3.08. The molecule has 1 saturated carbocycles. The Balaban J connectivity index is 2.20. The van der Waals surface area contributed by atoms with Gasteiger partial charge in [0.05, 0.1) is 19.3 Å². The molecule has 3 N–H and O–H groups in total. The molecule has 26 heavy (non-hydrogen) atoms. The van der Waals surface area contributed by atoms with E-state index in [1.807, 2.05) is 32.0 Å². The van der Waals surface area contributed by atoms with Gasteiger partial charge in [0.1, 0.15) is 0 Å². The van der Waals surface area contributed by atoms with E-state index in [-0.39, 0.29) is 23.8 Å². The first-order valence-electron chi connectivity index (χ1n) is 9.91. The molecule has 146 valence electrons. The number of nitrogens with two attached hydrogens (primary N) is 1. The Labute approximate surface area is 157 Å². The molecule has 1 unspecified atom stereocenters. The molecular formula is C21H34N2O3. The molecule has 5 heteroatoms. The van der Waals surface area contributed by atoms with Crippen LogP contribution in [0.4, 0.5) is 0 Å². The number of hydrogen-bond acceptors (Lipinski definition) is 4. The first-order chi connectivity index (χ1) is 12.5. The van der Waals surface area contributed by atoms with Crippen molar-refractivity contribution in [2.24, 2.45) is 23.5 Å². The quantitative estimate of drug-likeness (QED) is 0.703. The third-order valence-electron chi connectivity index (χ3n) is 5.19. The van der Waals surface area contributed by atoms with Gasteiger partial charge in [-0.2, -0.15) is 0 Å². The molecular weight excluding hydrogens is 328 g/mol. The van der Waals surface area contributed by atoms with Crippen LogP contribution in [0.1, 0.15) is 58.6 Å². The molecule has 0 heterocycles. The highest BCUT2D eigenvalue weighted by Crippen LogP contribution is 2.35. The van der Waals surface area contributed by atoms with Crippen LogP contribution in [0, 0.1) is 17.8 Å². The number of amides is 1. The standard InChI is InChI=1S/C21H34N2O3/c1-5-25-18-11-10-15(12-19(18)26-6-2)20(14(3)4)23-21(24)17-9-7-8-16(17)13-22/h10-12,14,16-17,20H,5-9,13,22H2,1-4H3,(H,23,24)/t16-,17-,20?/m1/s1. The van der Waals surface area contributed by atoms with E-state index < -0.39 is 0 Å². The van der Waals surface area contributed by atoms with Gasteiger partial charge in [-0.25, -0.2) is 0 Å². The monoisotopic (exact) mass is 362 g/mol. The first kappa shape index (κ1) is 20.6. The second-order valence-electron chi connectivity index (χ2n) is 7.34. The minimum absolute atomic E-state index is 0.0373. The van der Waals surface area contributed by atoms with Crippen LogP contribution in [0.25, 0.3) is 0 Å². The number of hydrogen-bond donors (Lipinski definition) is 2. The van der Waals surface area contributed by atoms with Crippen molar-refractivity contribution in [1.29, 1.82) is 0 Å². The van der Waals surface area contributed by atoms with Crippen LogP contribution in [-0.2, 0) is 4.79 Å². The molecule has 0 radical (unpaired) electrons. The highest BCUT2D eigenvalue weighted by atomic mass is 16.5. The number of carbonyl (C=O) groups is 1. The van der Waals surface area contributed by atoms with E-state index in [0.29, 0.717) is 25.7 Å². The van der Waals surface area contributed by atoms with Crippen molar-refractivity contribution in [3.8, 4) is 11.5 Å². The van der Waals surface area contributed by atoms with Crippen LogP contribution in [0.5, 0.6) is 11.5 Å². The van der Waals surface area contributed by atoms with Crippen LogP contribution in [0.3, 0.4) is 0 Å². The van der Waals surface area contributed by atoms with Crippen LogP contribution >= 0.6 is 0 Å². The fourth-order valence-corrected chi connectivity index (χ4v) is 3.82. The predicted octanol–water partition coefficient (Wildman–Crippen LogP) is 3.67. The van der Waals surface area contributed by atoms with Gasteiger partial charge in [-0.05, 0) is 62.8 Å². The summed E-state index contributed by atoms with van der Waals surface area (Å²) in [6.45, 7) is 9.90. The van der Waals surface area contributed by atoms with E-state index in [1.54, 1.807) is 0 Å². The summed E-state index contributed by atoms with van der Waals surface area (Å²) in [4.78, 5) is 12.9. The molecule has 1 amide bonds. The van der Waals surface area contributed by atoms with Gasteiger partial charge >= 0.3 is 0 Å². The Kier molecular flexibility index (Phi) is 7.76. The fraction of sp³-hybridized carbons (Fsp3) is 0.667. The van der Waals surface area contributed by atoms with E-state index in [1.165, 1.54) is 0 Å². The van der Waals surface area contributed by atoms with Gasteiger partial charge in [-0.3, -0.25) is 4.79 Å². The lowest BCUT2D eigenvalue weighted by Crippen LogP contribution is -2.39. The lowest BCUT2D eigenvalue weighted by Gasteiger charge is -2.27. The highest BCUT2D eigenvalue weighted by molar-refractivity contribution is 5.79. The Morgan fingerprint density at radius 1 is 1.19 bits per heavy atom. The van der Waals surface area contributed by atoms with Gasteiger partial charge < -0.3 is 20.5 Å². The van der Waals surface area contributed by atoms with Gasteiger partial charge in [0.2, 0.25) is 5.91 Å². The van der Waals surface area contributed by atoms with Crippen molar-refractivity contribution in [1.82, 2.24) is 5.32 Å². The lowest BCUT2D eigenvalue weighted by atomic mass is 9.92. The zero-order valence-electron chi connectivity index (χ0n) is 16.6. The second-order valence-corrected chi connectivity index (χ2v) is 7.34. The maximum atomic E-state index is 12.9. The smallest absolute Gasteiger partial charge is 0.223 e. The largest absolute Gasteiger partial charge is 0.490 e. The molecule has 0 spiro atoms. The summed E-state index contributed by atoms with van der Waals surface area (Å²) in [7, 11) is 0. The molecule has 1 aromatic rings. The molecule has 0 aliphatic heterocycles. The lowest BCUT2D eigenvalue weighted by molar-refractivity contribution is -0.127. The summed E-state index contributed by atoms with van der Waals surface area (Å²) in [5.41, 5.74) is 6.90. The molecule has 1 aromatic carbocycles. The summed E-state index contributed by atoms with van der Waals surface area (Å²) in [6, 6.07) is 5.89. The molecule has 5 nitrogen and oxygen atoms in total. The van der Waals surface area contributed by atoms with E-state index in [0.717, 1.165) is 36.3 Å². The summed E-state index contributed by atoms with van der Waals surface area (Å²) in [5, 5.41) is 3.27.